The molecule has 152 valence electrons. The molecule has 0 spiro atoms. The lowest BCUT2D eigenvalue weighted by Crippen LogP contribution is -2.38. The van der Waals surface area contributed by atoms with Gasteiger partial charge in [0.15, 0.2) is 6.10 Å². The number of benzene rings is 1. The number of esters is 1. The standard InChI is InChI=1S/C20H27N3O5/c1-15(19(24)22-12-6-7-13-22)28-20(25)16-8-9-17(18(14-16)23(26)27)21-10-4-2-3-5-11-21/h8-9,14-15H,2-7,10-13H2,1H3/t15-/m0/s1. The molecule has 0 unspecified atom stereocenters. The van der Waals surface area contributed by atoms with Gasteiger partial charge in [-0.15, -0.1) is 0 Å². The molecule has 0 aromatic heterocycles. The molecule has 3 rings (SSSR count). The normalized spacial score (nSPS) is 18.5. The van der Waals surface area contributed by atoms with Crippen molar-refractivity contribution in [3.05, 3.63) is 33.9 Å². The van der Waals surface area contributed by atoms with Crippen molar-refractivity contribution in [3.63, 3.8) is 0 Å². The van der Waals surface area contributed by atoms with Crippen LogP contribution in [0.25, 0.3) is 0 Å². The predicted molar refractivity (Wildman–Crippen MR) is 104 cm³/mol. The van der Waals surface area contributed by atoms with Crippen molar-refractivity contribution in [3.8, 4) is 0 Å². The summed E-state index contributed by atoms with van der Waals surface area (Å²) in [6.45, 7) is 4.43. The first-order chi connectivity index (χ1) is 13.5. The minimum Gasteiger partial charge on any atom is -0.449 e. The Hall–Kier alpha value is -2.64. The number of nitrogens with zero attached hydrogens (tertiary/aromatic N) is 3. The van der Waals surface area contributed by atoms with E-state index < -0.39 is 17.0 Å². The Morgan fingerprint density at radius 1 is 1.04 bits per heavy atom. The number of likely N-dealkylation sites (tertiary alicyclic amines) is 1. The van der Waals surface area contributed by atoms with Crippen LogP contribution in [-0.2, 0) is 9.53 Å². The van der Waals surface area contributed by atoms with E-state index in [4.69, 9.17) is 4.74 Å². The molecule has 2 aliphatic heterocycles. The number of carbonyl (C=O) groups excluding carboxylic acids is 2. The third-order valence-corrected chi connectivity index (χ3v) is 5.40. The Bertz CT molecular complexity index is 737. The monoisotopic (exact) mass is 389 g/mol. The molecular formula is C20H27N3O5. The highest BCUT2D eigenvalue weighted by Gasteiger charge is 2.28. The van der Waals surface area contributed by atoms with E-state index in [-0.39, 0.29) is 17.2 Å². The number of amides is 1. The summed E-state index contributed by atoms with van der Waals surface area (Å²) in [5.74, 6) is -0.938. The number of anilines is 1. The number of nitro groups is 1. The van der Waals surface area contributed by atoms with Crippen LogP contribution in [0.4, 0.5) is 11.4 Å². The van der Waals surface area contributed by atoms with Gasteiger partial charge >= 0.3 is 5.97 Å². The molecule has 1 aromatic rings. The van der Waals surface area contributed by atoms with Crippen LogP contribution in [0.15, 0.2) is 18.2 Å². The number of rotatable bonds is 5. The van der Waals surface area contributed by atoms with Crippen molar-refractivity contribution in [1.82, 2.24) is 4.90 Å². The van der Waals surface area contributed by atoms with E-state index in [1.165, 1.54) is 6.07 Å². The molecule has 0 bridgehead atoms. The lowest BCUT2D eigenvalue weighted by atomic mass is 10.1. The van der Waals surface area contributed by atoms with Crippen LogP contribution in [0.5, 0.6) is 0 Å². The Kier molecular flexibility index (Phi) is 6.49. The maximum atomic E-state index is 12.5. The summed E-state index contributed by atoms with van der Waals surface area (Å²) in [6, 6.07) is 4.42. The van der Waals surface area contributed by atoms with Crippen molar-refractivity contribution in [2.45, 2.75) is 51.6 Å². The Morgan fingerprint density at radius 3 is 2.25 bits per heavy atom. The van der Waals surface area contributed by atoms with E-state index in [2.05, 4.69) is 0 Å². The highest BCUT2D eigenvalue weighted by Crippen LogP contribution is 2.31. The fourth-order valence-corrected chi connectivity index (χ4v) is 3.85. The summed E-state index contributed by atoms with van der Waals surface area (Å²) in [5.41, 5.74) is 0.519. The average Bonchev–Trinajstić information content (AvgIpc) is 3.09. The van der Waals surface area contributed by atoms with Crippen molar-refractivity contribution in [2.24, 2.45) is 0 Å². The summed E-state index contributed by atoms with van der Waals surface area (Å²) in [5, 5.41) is 11.6. The van der Waals surface area contributed by atoms with Crippen LogP contribution in [0.3, 0.4) is 0 Å². The van der Waals surface area contributed by atoms with Crippen LogP contribution in [0.2, 0.25) is 0 Å². The van der Waals surface area contributed by atoms with Gasteiger partial charge in [-0.1, -0.05) is 12.8 Å². The van der Waals surface area contributed by atoms with E-state index in [0.717, 1.165) is 51.6 Å². The summed E-state index contributed by atoms with van der Waals surface area (Å²) in [6.07, 6.45) is 5.24. The van der Waals surface area contributed by atoms with Gasteiger partial charge in [-0.25, -0.2) is 4.79 Å². The van der Waals surface area contributed by atoms with Gasteiger partial charge in [0.05, 0.1) is 10.5 Å². The Balaban J connectivity index is 1.74. The van der Waals surface area contributed by atoms with Crippen LogP contribution >= 0.6 is 0 Å². The molecule has 2 fully saturated rings. The quantitative estimate of drug-likeness (QED) is 0.436. The van der Waals surface area contributed by atoms with Gasteiger partial charge in [-0.2, -0.15) is 0 Å². The number of carbonyl (C=O) groups is 2. The van der Waals surface area contributed by atoms with Crippen molar-refractivity contribution >= 4 is 23.3 Å². The zero-order valence-electron chi connectivity index (χ0n) is 16.3. The summed E-state index contributed by atoms with van der Waals surface area (Å²) in [4.78, 5) is 39.6. The molecule has 8 nitrogen and oxygen atoms in total. The van der Waals surface area contributed by atoms with Crippen molar-refractivity contribution in [1.29, 1.82) is 0 Å². The van der Waals surface area contributed by atoms with Crippen molar-refractivity contribution in [2.75, 3.05) is 31.1 Å². The van der Waals surface area contributed by atoms with E-state index in [1.54, 1.807) is 24.0 Å². The van der Waals surface area contributed by atoms with Crippen LogP contribution in [-0.4, -0.2) is 54.0 Å². The zero-order chi connectivity index (χ0) is 20.1. The van der Waals surface area contributed by atoms with Crippen molar-refractivity contribution < 1.29 is 19.2 Å². The third kappa shape index (κ3) is 4.61. The van der Waals surface area contributed by atoms with Crippen LogP contribution in [0, 0.1) is 10.1 Å². The molecule has 8 heteroatoms. The fraction of sp³-hybridized carbons (Fsp3) is 0.600. The van der Waals surface area contributed by atoms with Gasteiger partial charge in [0.2, 0.25) is 0 Å². The predicted octanol–water partition coefficient (Wildman–Crippen LogP) is 3.14. The summed E-state index contributed by atoms with van der Waals surface area (Å²) in [7, 11) is 0. The van der Waals surface area contributed by atoms with E-state index in [9.17, 15) is 19.7 Å². The smallest absolute Gasteiger partial charge is 0.339 e. The largest absolute Gasteiger partial charge is 0.449 e. The first-order valence-electron chi connectivity index (χ1n) is 10.0. The highest BCUT2D eigenvalue weighted by molar-refractivity contribution is 5.93. The lowest BCUT2D eigenvalue weighted by molar-refractivity contribution is -0.384. The van der Waals surface area contributed by atoms with E-state index in [0.29, 0.717) is 18.8 Å². The van der Waals surface area contributed by atoms with Gasteiger partial charge < -0.3 is 14.5 Å². The van der Waals surface area contributed by atoms with E-state index >= 15 is 0 Å². The molecule has 28 heavy (non-hydrogen) atoms. The number of hydrogen-bond acceptors (Lipinski definition) is 6. The molecule has 0 aliphatic carbocycles. The molecule has 0 radical (unpaired) electrons. The summed E-state index contributed by atoms with van der Waals surface area (Å²) >= 11 is 0. The first kappa shape index (κ1) is 20.1. The zero-order valence-corrected chi connectivity index (χ0v) is 16.3. The molecule has 2 saturated heterocycles. The van der Waals surface area contributed by atoms with Gasteiger partial charge in [0.1, 0.15) is 5.69 Å². The topological polar surface area (TPSA) is 93.0 Å². The van der Waals surface area contributed by atoms with Crippen LogP contribution < -0.4 is 4.90 Å². The van der Waals surface area contributed by atoms with Gasteiger partial charge in [-0.3, -0.25) is 14.9 Å². The second-order valence-corrected chi connectivity index (χ2v) is 7.44. The molecule has 2 aliphatic rings. The number of ether oxygens (including phenoxy) is 1. The second-order valence-electron chi connectivity index (χ2n) is 7.44. The highest BCUT2D eigenvalue weighted by atomic mass is 16.6. The van der Waals surface area contributed by atoms with Gasteiger partial charge in [-0.05, 0) is 44.7 Å². The molecule has 1 amide bonds. The maximum absolute atomic E-state index is 12.5. The van der Waals surface area contributed by atoms with E-state index in [1.807, 2.05) is 4.90 Å². The number of nitro benzene ring substituents is 1. The first-order valence-corrected chi connectivity index (χ1v) is 10.0. The number of hydrogen-bond donors (Lipinski definition) is 0. The molecule has 1 aromatic carbocycles. The Labute approximate surface area is 164 Å². The molecule has 0 saturated carbocycles. The average molecular weight is 389 g/mol. The third-order valence-electron chi connectivity index (χ3n) is 5.40. The molecule has 2 heterocycles. The fourth-order valence-electron chi connectivity index (χ4n) is 3.85. The van der Waals surface area contributed by atoms with Crippen LogP contribution in [0.1, 0.15) is 55.8 Å². The SMILES string of the molecule is C[C@H](OC(=O)c1ccc(N2CCCCCC2)c([N+](=O)[O-])c1)C(=O)N1CCCC1. The minimum atomic E-state index is -0.907. The molecule has 1 atom stereocenters. The molecule has 0 N–H and O–H groups in total. The lowest BCUT2D eigenvalue weighted by Gasteiger charge is -2.23. The summed E-state index contributed by atoms with van der Waals surface area (Å²) < 4.78 is 5.28. The maximum Gasteiger partial charge on any atom is 0.339 e. The molecular weight excluding hydrogens is 362 g/mol. The Morgan fingerprint density at radius 2 is 1.64 bits per heavy atom. The second kappa shape index (κ2) is 9.03. The minimum absolute atomic E-state index is 0.0892. The van der Waals surface area contributed by atoms with Gasteiger partial charge in [0.25, 0.3) is 11.6 Å². The van der Waals surface area contributed by atoms with Gasteiger partial charge in [0, 0.05) is 32.2 Å².